The topological polar surface area (TPSA) is 125 Å². The molecule has 1 aliphatic rings. The first-order valence-corrected chi connectivity index (χ1v) is 17.6. The highest BCUT2D eigenvalue weighted by molar-refractivity contribution is 5.91. The van der Waals surface area contributed by atoms with Gasteiger partial charge in [0, 0.05) is 12.2 Å². The smallest absolute Gasteiger partial charge is 0.490 e. The fourth-order valence-corrected chi connectivity index (χ4v) is 5.36. The number of carbonyl (C=O) groups excluding carboxylic acids is 3. The zero-order valence-corrected chi connectivity index (χ0v) is 31.0. The molecule has 318 valence electrons. The van der Waals surface area contributed by atoms with Crippen molar-refractivity contribution in [2.75, 3.05) is 26.4 Å². The number of hydrogen-bond donors (Lipinski definition) is 0. The molecule has 1 aliphatic heterocycles. The second-order valence-corrected chi connectivity index (χ2v) is 12.4. The third-order valence-corrected chi connectivity index (χ3v) is 8.20. The van der Waals surface area contributed by atoms with Gasteiger partial charge in [-0.25, -0.2) is 23.2 Å². The molecule has 0 atom stereocenters. The van der Waals surface area contributed by atoms with Crippen molar-refractivity contribution in [2.45, 2.75) is 38.1 Å². The van der Waals surface area contributed by atoms with Gasteiger partial charge < -0.3 is 37.9 Å². The van der Waals surface area contributed by atoms with Crippen molar-refractivity contribution >= 4 is 17.9 Å². The molecule has 19 heteroatoms. The Morgan fingerprint density at radius 3 is 1.93 bits per heavy atom. The minimum atomic E-state index is -4.98. The minimum Gasteiger partial charge on any atom is -0.490 e. The van der Waals surface area contributed by atoms with E-state index in [1.807, 2.05) is 0 Å². The Kier molecular flexibility index (Phi) is 14.3. The second kappa shape index (κ2) is 19.3. The number of rotatable bonds is 20. The molecule has 0 bridgehead atoms. The predicted octanol–water partition coefficient (Wildman–Crippen LogP) is 8.69. The van der Waals surface area contributed by atoms with E-state index >= 15 is 17.6 Å². The van der Waals surface area contributed by atoms with Gasteiger partial charge >= 0.3 is 30.3 Å². The van der Waals surface area contributed by atoms with Gasteiger partial charge in [0.1, 0.15) is 36.2 Å². The number of aryl methyl sites for hydroxylation is 2. The van der Waals surface area contributed by atoms with Crippen LogP contribution in [0.2, 0.25) is 0 Å². The summed E-state index contributed by atoms with van der Waals surface area (Å²) in [5, 5.41) is 0. The summed E-state index contributed by atoms with van der Waals surface area (Å²) in [6, 6.07) is 10.5. The van der Waals surface area contributed by atoms with Crippen LogP contribution in [0.1, 0.15) is 39.9 Å². The maximum atomic E-state index is 15.1. The Hall–Kier alpha value is -6.79. The molecule has 0 amide bonds. The molecule has 0 aliphatic carbocycles. The lowest BCUT2D eigenvalue weighted by Gasteiger charge is -2.20. The number of benzene rings is 4. The van der Waals surface area contributed by atoms with E-state index < -0.39 is 93.5 Å². The van der Waals surface area contributed by atoms with Gasteiger partial charge in [0.05, 0.1) is 18.8 Å². The maximum Gasteiger partial charge on any atom is 0.586 e. The summed E-state index contributed by atoms with van der Waals surface area (Å²) in [6.45, 7) is 6.37. The van der Waals surface area contributed by atoms with Crippen LogP contribution in [0.25, 0.3) is 0 Å². The van der Waals surface area contributed by atoms with Gasteiger partial charge in [-0.3, -0.25) is 0 Å². The Bertz CT molecular complexity index is 2220. The van der Waals surface area contributed by atoms with E-state index in [1.165, 1.54) is 6.07 Å². The van der Waals surface area contributed by atoms with Crippen LogP contribution in [0.5, 0.6) is 34.5 Å². The molecule has 0 saturated heterocycles. The molecule has 4 aromatic rings. The fourth-order valence-electron chi connectivity index (χ4n) is 5.36. The molecule has 11 nitrogen and oxygen atoms in total. The number of halogens is 8. The molecule has 0 N–H and O–H groups in total. The number of fused-ring (bicyclic) bond motifs is 1. The van der Waals surface area contributed by atoms with Crippen LogP contribution >= 0.6 is 0 Å². The lowest BCUT2D eigenvalue weighted by Crippen LogP contribution is -2.26. The molecule has 5 rings (SSSR count). The van der Waals surface area contributed by atoms with E-state index in [2.05, 4.69) is 27.4 Å². The highest BCUT2D eigenvalue weighted by Crippen LogP contribution is 2.50. The molecule has 0 fully saturated rings. The molecule has 0 unspecified atom stereocenters. The zero-order valence-electron chi connectivity index (χ0n) is 31.0. The highest BCUT2D eigenvalue weighted by atomic mass is 19.3. The van der Waals surface area contributed by atoms with E-state index in [-0.39, 0.29) is 69.8 Å². The molecule has 0 radical (unpaired) electrons. The number of unbranched alkanes of at least 4 members (excludes halogenated alkanes) is 1. The van der Waals surface area contributed by atoms with Crippen molar-refractivity contribution in [2.24, 2.45) is 0 Å². The predicted molar refractivity (Wildman–Crippen MR) is 191 cm³/mol. The van der Waals surface area contributed by atoms with Gasteiger partial charge in [-0.1, -0.05) is 31.4 Å². The van der Waals surface area contributed by atoms with Crippen molar-refractivity contribution in [1.82, 2.24) is 0 Å². The third-order valence-electron chi connectivity index (χ3n) is 8.20. The standard InChI is InChI=1S/C41H32F8O11/c1-3-32(50)55-18-6-5-17-54-29-15-16-30(36(45)35(29)44)58-40(46,47)34-27(42)21-25(22-28(34)43)39(52)57-31-14-11-24(37-38(31)60-41(48,49)59-37)10-7-23-8-12-26(13-9-23)53-19-20-56-33(51)4-2/h3-4,8-9,11-16,21-22H,1-2,5-7,10,17-20H2. The van der Waals surface area contributed by atoms with E-state index in [0.717, 1.165) is 29.8 Å². The Morgan fingerprint density at radius 1 is 0.683 bits per heavy atom. The first kappa shape index (κ1) is 44.3. The molecular formula is C41H32F8O11. The largest absolute Gasteiger partial charge is 0.586 e. The van der Waals surface area contributed by atoms with Crippen LogP contribution in [-0.2, 0) is 38.0 Å². The van der Waals surface area contributed by atoms with Crippen LogP contribution in [-0.4, -0.2) is 50.6 Å². The van der Waals surface area contributed by atoms with Gasteiger partial charge in [-0.05, 0) is 79.3 Å². The Balaban J connectivity index is 1.22. The number of ether oxygens (including phenoxy) is 8. The average Bonchev–Trinajstić information content (AvgIpc) is 3.55. The van der Waals surface area contributed by atoms with Crippen molar-refractivity contribution in [3.63, 3.8) is 0 Å². The molecule has 4 aromatic carbocycles. The normalized spacial score (nSPS) is 12.6. The molecule has 0 saturated carbocycles. The van der Waals surface area contributed by atoms with Crippen LogP contribution < -0.4 is 28.4 Å². The Labute approximate surface area is 335 Å². The number of hydrogen-bond acceptors (Lipinski definition) is 11. The van der Waals surface area contributed by atoms with Crippen molar-refractivity contribution < 1.29 is 87.4 Å². The van der Waals surface area contributed by atoms with Crippen molar-refractivity contribution in [1.29, 1.82) is 0 Å². The summed E-state index contributed by atoms with van der Waals surface area (Å²) < 4.78 is 157. The summed E-state index contributed by atoms with van der Waals surface area (Å²) in [6.07, 6.45) is -6.34. The van der Waals surface area contributed by atoms with Crippen LogP contribution in [0.15, 0.2) is 86.0 Å². The number of esters is 3. The SMILES string of the molecule is C=CC(=O)OCCCCOc1ccc(OC(F)(F)c2c(F)cc(C(=O)Oc3ccc(CCc4ccc(OCCOC(=O)C=C)cc4)c4c3OC(F)(F)O4)cc2F)c(F)c1F. The van der Waals surface area contributed by atoms with E-state index in [1.54, 1.807) is 24.3 Å². The molecule has 1 heterocycles. The molecular weight excluding hydrogens is 820 g/mol. The fraction of sp³-hybridized carbons (Fsp3) is 0.244. The van der Waals surface area contributed by atoms with Gasteiger partial charge in [0.15, 0.2) is 23.0 Å². The summed E-state index contributed by atoms with van der Waals surface area (Å²) in [4.78, 5) is 35.1. The lowest BCUT2D eigenvalue weighted by molar-refractivity contribution is -0.287. The summed E-state index contributed by atoms with van der Waals surface area (Å²) in [5.74, 6) is -14.4. The average molecular weight is 853 g/mol. The van der Waals surface area contributed by atoms with Crippen molar-refractivity contribution in [3.05, 3.63) is 131 Å². The van der Waals surface area contributed by atoms with E-state index in [4.69, 9.17) is 23.7 Å². The van der Waals surface area contributed by atoms with E-state index in [0.29, 0.717) is 11.8 Å². The molecule has 0 aromatic heterocycles. The summed E-state index contributed by atoms with van der Waals surface area (Å²) >= 11 is 0. The highest BCUT2D eigenvalue weighted by Gasteiger charge is 2.47. The number of alkyl halides is 4. The van der Waals surface area contributed by atoms with Crippen LogP contribution in [0, 0.1) is 23.3 Å². The van der Waals surface area contributed by atoms with Crippen LogP contribution in [0.3, 0.4) is 0 Å². The first-order chi connectivity index (χ1) is 28.5. The minimum absolute atomic E-state index is 0.00485. The van der Waals surface area contributed by atoms with Crippen molar-refractivity contribution in [3.8, 4) is 34.5 Å². The quantitative estimate of drug-likeness (QED) is 0.0279. The number of carbonyl (C=O) groups is 3. The summed E-state index contributed by atoms with van der Waals surface area (Å²) in [5.41, 5.74) is -2.16. The maximum absolute atomic E-state index is 15.1. The monoisotopic (exact) mass is 852 g/mol. The first-order valence-electron chi connectivity index (χ1n) is 17.6. The third kappa shape index (κ3) is 11.2. The van der Waals surface area contributed by atoms with Gasteiger partial charge in [-0.15, -0.1) is 8.78 Å². The zero-order chi connectivity index (χ0) is 43.6. The molecule has 60 heavy (non-hydrogen) atoms. The summed E-state index contributed by atoms with van der Waals surface area (Å²) in [7, 11) is 0. The van der Waals surface area contributed by atoms with Gasteiger partial charge in [-0.2, -0.15) is 17.6 Å². The Morgan fingerprint density at radius 2 is 1.27 bits per heavy atom. The van der Waals surface area contributed by atoms with E-state index in [9.17, 15) is 31.9 Å². The lowest BCUT2D eigenvalue weighted by atomic mass is 10.0. The van der Waals surface area contributed by atoms with Gasteiger partial charge in [0.25, 0.3) is 0 Å². The van der Waals surface area contributed by atoms with Gasteiger partial charge in [0.2, 0.25) is 17.4 Å². The van der Waals surface area contributed by atoms with Crippen LogP contribution in [0.4, 0.5) is 35.1 Å². The second-order valence-electron chi connectivity index (χ2n) is 12.4. The molecule has 0 spiro atoms.